The molecule has 3 amide bonds. The number of pyridine rings is 1. The van der Waals surface area contributed by atoms with Crippen LogP contribution in [0.1, 0.15) is 75.4 Å². The number of amides is 3. The van der Waals surface area contributed by atoms with E-state index in [2.05, 4.69) is 74.1 Å². The zero-order valence-electron chi connectivity index (χ0n) is 32.0. The first kappa shape index (κ1) is 37.3. The highest BCUT2D eigenvalue weighted by atomic mass is 19.1. The summed E-state index contributed by atoms with van der Waals surface area (Å²) in [4.78, 5) is 57.6. The first-order valence-corrected chi connectivity index (χ1v) is 19.7. The summed E-state index contributed by atoms with van der Waals surface area (Å²) in [5, 5.41) is 5.70. The fraction of sp³-hybridized carbons (Fsp3) is 0.409. The average Bonchev–Trinajstić information content (AvgIpc) is 4.08. The van der Waals surface area contributed by atoms with Gasteiger partial charge in [-0.1, -0.05) is 68.4 Å². The van der Waals surface area contributed by atoms with Crippen molar-refractivity contribution in [3.05, 3.63) is 102 Å². The van der Waals surface area contributed by atoms with Gasteiger partial charge in [0, 0.05) is 55.0 Å². The van der Waals surface area contributed by atoms with E-state index in [0.717, 1.165) is 83.6 Å². The van der Waals surface area contributed by atoms with E-state index >= 15 is 0 Å². The minimum Gasteiger partial charge on any atom is -0.453 e. The SMILES string of the molecule is COC(=O)N[C@H](C(=O)N1CCC[C@H]1c1ncc(-c2ccc(-c3ccc(C4=CN=C([C@H]5C6CCC(C6)[C@@H]5C(=O)NCc5cccnc5F)C4)cc3)cc2)[nH]1)C(C)C. The van der Waals surface area contributed by atoms with Gasteiger partial charge in [-0.05, 0) is 83.8 Å². The summed E-state index contributed by atoms with van der Waals surface area (Å²) in [5.74, 6) is 0.704. The molecule has 3 N–H and O–H groups in total. The zero-order valence-corrected chi connectivity index (χ0v) is 32.0. The van der Waals surface area contributed by atoms with E-state index in [1.54, 1.807) is 12.1 Å². The van der Waals surface area contributed by atoms with Crippen molar-refractivity contribution in [3.63, 3.8) is 0 Å². The van der Waals surface area contributed by atoms with Crippen molar-refractivity contribution >= 4 is 29.2 Å². The van der Waals surface area contributed by atoms with Gasteiger partial charge in [-0.2, -0.15) is 4.39 Å². The third kappa shape index (κ3) is 7.36. The van der Waals surface area contributed by atoms with E-state index in [-0.39, 0.29) is 42.2 Å². The van der Waals surface area contributed by atoms with Gasteiger partial charge in [0.1, 0.15) is 11.9 Å². The highest BCUT2D eigenvalue weighted by molar-refractivity contribution is 6.02. The van der Waals surface area contributed by atoms with Crippen LogP contribution in [0, 0.1) is 35.5 Å². The predicted molar refractivity (Wildman–Crippen MR) is 211 cm³/mol. The van der Waals surface area contributed by atoms with Crippen molar-refractivity contribution in [1.82, 2.24) is 30.5 Å². The van der Waals surface area contributed by atoms with Gasteiger partial charge in [0.2, 0.25) is 17.8 Å². The molecule has 4 aliphatic rings. The third-order valence-corrected chi connectivity index (χ3v) is 12.3. The molecule has 2 aromatic heterocycles. The summed E-state index contributed by atoms with van der Waals surface area (Å²) in [5.41, 5.74) is 7.80. The number of aromatic amines is 1. The first-order valence-electron chi connectivity index (χ1n) is 19.7. The highest BCUT2D eigenvalue weighted by Crippen LogP contribution is 2.54. The monoisotopic (exact) mass is 757 g/mol. The summed E-state index contributed by atoms with van der Waals surface area (Å²) in [6, 6.07) is 19.3. The van der Waals surface area contributed by atoms with E-state index < -0.39 is 18.1 Å². The molecule has 4 heterocycles. The van der Waals surface area contributed by atoms with Gasteiger partial charge in [0.15, 0.2) is 0 Å². The number of rotatable bonds is 11. The van der Waals surface area contributed by atoms with Crippen LogP contribution in [-0.2, 0) is 20.9 Å². The molecular weight excluding hydrogens is 710 g/mol. The Kier molecular flexibility index (Phi) is 10.5. The average molecular weight is 758 g/mol. The molecular formula is C44H48FN7O4. The number of likely N-dealkylation sites (tertiary alicyclic amines) is 1. The number of alkyl carbamates (subject to hydrolysis) is 1. The second kappa shape index (κ2) is 15.8. The Morgan fingerprint density at radius 1 is 0.946 bits per heavy atom. The molecule has 4 aromatic rings. The van der Waals surface area contributed by atoms with Crippen LogP contribution in [0.4, 0.5) is 9.18 Å². The van der Waals surface area contributed by atoms with Gasteiger partial charge < -0.3 is 25.3 Å². The van der Waals surface area contributed by atoms with Crippen molar-refractivity contribution in [2.24, 2.45) is 34.6 Å². The minimum absolute atomic E-state index is 0.0106. The number of aromatic nitrogens is 3. The number of nitrogens with one attached hydrogen (secondary N) is 3. The number of ether oxygens (including phenoxy) is 1. The number of aliphatic imine (C=N–C) groups is 1. The van der Waals surface area contributed by atoms with Crippen LogP contribution >= 0.6 is 0 Å². The Balaban J connectivity index is 0.888. The summed E-state index contributed by atoms with van der Waals surface area (Å²) < 4.78 is 18.9. The van der Waals surface area contributed by atoms with Crippen molar-refractivity contribution < 1.29 is 23.5 Å². The van der Waals surface area contributed by atoms with Crippen molar-refractivity contribution in [1.29, 1.82) is 0 Å². The molecule has 0 spiro atoms. The van der Waals surface area contributed by atoms with E-state index in [1.807, 2.05) is 31.1 Å². The molecule has 11 nitrogen and oxygen atoms in total. The Morgan fingerprint density at radius 3 is 2.38 bits per heavy atom. The summed E-state index contributed by atoms with van der Waals surface area (Å²) >= 11 is 0. The lowest BCUT2D eigenvalue weighted by Crippen LogP contribution is -2.51. The van der Waals surface area contributed by atoms with Gasteiger partial charge in [-0.3, -0.25) is 14.6 Å². The number of hydrogen-bond acceptors (Lipinski definition) is 7. The fourth-order valence-corrected chi connectivity index (χ4v) is 9.39. The van der Waals surface area contributed by atoms with Gasteiger partial charge in [-0.25, -0.2) is 14.8 Å². The predicted octanol–water partition coefficient (Wildman–Crippen LogP) is 7.49. The summed E-state index contributed by atoms with van der Waals surface area (Å²) in [6.07, 6.45) is 10.2. The molecule has 12 heteroatoms. The van der Waals surface area contributed by atoms with Crippen molar-refractivity contribution in [2.75, 3.05) is 13.7 Å². The minimum atomic E-state index is -0.682. The lowest BCUT2D eigenvalue weighted by Gasteiger charge is -2.30. The molecule has 2 aliphatic heterocycles. The molecule has 2 aliphatic carbocycles. The van der Waals surface area contributed by atoms with Crippen LogP contribution in [-0.4, -0.2) is 63.2 Å². The fourth-order valence-electron chi connectivity index (χ4n) is 9.39. The van der Waals surface area contributed by atoms with Crippen LogP contribution in [0.5, 0.6) is 0 Å². The molecule has 290 valence electrons. The van der Waals surface area contributed by atoms with Crippen LogP contribution in [0.3, 0.4) is 0 Å². The lowest BCUT2D eigenvalue weighted by atomic mass is 9.75. The number of methoxy groups -OCH3 is 1. The zero-order chi connectivity index (χ0) is 38.9. The van der Waals surface area contributed by atoms with Crippen molar-refractivity contribution in [3.8, 4) is 22.4 Å². The van der Waals surface area contributed by atoms with Gasteiger partial charge >= 0.3 is 6.09 Å². The van der Waals surface area contributed by atoms with Crippen molar-refractivity contribution in [2.45, 2.75) is 71.0 Å². The van der Waals surface area contributed by atoms with Crippen LogP contribution < -0.4 is 10.6 Å². The number of fused-ring (bicyclic) bond motifs is 2. The van der Waals surface area contributed by atoms with E-state index in [1.165, 1.54) is 13.3 Å². The number of H-pyrrole nitrogens is 1. The number of halogens is 1. The van der Waals surface area contributed by atoms with Gasteiger partial charge in [0.25, 0.3) is 0 Å². The van der Waals surface area contributed by atoms with E-state index in [9.17, 15) is 18.8 Å². The largest absolute Gasteiger partial charge is 0.453 e. The first-order chi connectivity index (χ1) is 27.2. The highest BCUT2D eigenvalue weighted by Gasteiger charge is 2.52. The Hall–Kier alpha value is -5.65. The third-order valence-electron chi connectivity index (χ3n) is 12.3. The second-order valence-corrected chi connectivity index (χ2v) is 15.9. The van der Waals surface area contributed by atoms with E-state index in [0.29, 0.717) is 23.9 Å². The molecule has 2 saturated carbocycles. The van der Waals surface area contributed by atoms with Gasteiger partial charge in [0.05, 0.1) is 25.0 Å². The number of hydrogen-bond donors (Lipinski definition) is 3. The standard InChI is InChI=1S/C44H48FN7O4/c1-25(2)39(51-44(55)56-3)43(54)52-19-5-7-36(52)41-48-24-35(50-41)29-14-12-27(13-15-29)26-8-10-28(11-9-26)33-21-34(47-23-33)37-30-16-17-31(20-30)38(37)42(53)49-22-32-6-4-18-46-40(32)45/h4,6,8-15,18,23-25,30-31,36-39H,5,7,16-17,19-22H2,1-3H3,(H,48,50)(H,49,53)(H,51,55)/t30?,31?,36-,37+,38-,39-/m0/s1. The summed E-state index contributed by atoms with van der Waals surface area (Å²) in [6.45, 7) is 4.54. The van der Waals surface area contributed by atoms with Crippen LogP contribution in [0.2, 0.25) is 0 Å². The molecule has 2 bridgehead atoms. The van der Waals surface area contributed by atoms with Gasteiger partial charge in [-0.15, -0.1) is 0 Å². The molecule has 6 atom stereocenters. The molecule has 8 rings (SSSR count). The molecule has 56 heavy (non-hydrogen) atoms. The van der Waals surface area contributed by atoms with Crippen LogP contribution in [0.15, 0.2) is 84.2 Å². The maximum atomic E-state index is 14.1. The quantitative estimate of drug-likeness (QED) is 0.136. The molecule has 2 aromatic carbocycles. The van der Waals surface area contributed by atoms with Crippen LogP contribution in [0.25, 0.3) is 28.0 Å². The number of benzene rings is 2. The number of carbonyl (C=O) groups is 3. The molecule has 2 unspecified atom stereocenters. The number of carbonyl (C=O) groups excluding carboxylic acids is 3. The lowest BCUT2D eigenvalue weighted by molar-refractivity contribution is -0.135. The molecule has 0 radical (unpaired) electrons. The number of allylic oxidation sites excluding steroid dienone is 1. The normalized spacial score (nSPS) is 23.2. The summed E-state index contributed by atoms with van der Waals surface area (Å²) in [7, 11) is 1.29. The smallest absolute Gasteiger partial charge is 0.407 e. The molecule has 3 fully saturated rings. The Bertz CT molecular complexity index is 2160. The number of imidazole rings is 1. The number of nitrogens with zero attached hydrogens (tertiary/aromatic N) is 4. The Morgan fingerprint density at radius 2 is 1.66 bits per heavy atom. The molecule has 1 saturated heterocycles. The Labute approximate surface area is 326 Å². The maximum absolute atomic E-state index is 14.1. The van der Waals surface area contributed by atoms with E-state index in [4.69, 9.17) is 9.73 Å². The maximum Gasteiger partial charge on any atom is 0.407 e. The topological polar surface area (TPSA) is 142 Å². The second-order valence-electron chi connectivity index (χ2n) is 15.9.